The summed E-state index contributed by atoms with van der Waals surface area (Å²) in [5, 5.41) is 2.87. The van der Waals surface area contributed by atoms with E-state index in [0.29, 0.717) is 30.3 Å². The van der Waals surface area contributed by atoms with Crippen LogP contribution in [0.25, 0.3) is 0 Å². The lowest BCUT2D eigenvalue weighted by atomic mass is 10.2. The number of anilines is 1. The molecule has 0 unspecified atom stereocenters. The first kappa shape index (κ1) is 21.4. The highest BCUT2D eigenvalue weighted by Crippen LogP contribution is 2.25. The summed E-state index contributed by atoms with van der Waals surface area (Å²) in [5.74, 6) is 0.989. The quantitative estimate of drug-likeness (QED) is 0.406. The highest BCUT2D eigenvalue weighted by Gasteiger charge is 2.12. The molecule has 0 bridgehead atoms. The first-order valence-corrected chi connectivity index (χ1v) is 10.4. The highest BCUT2D eigenvalue weighted by atomic mass is 16.5. The molecule has 0 spiro atoms. The molecular formula is C25H28N2O3. The minimum Gasteiger partial charge on any atom is -0.493 e. The second-order valence-corrected chi connectivity index (χ2v) is 6.98. The highest BCUT2D eigenvalue weighted by molar-refractivity contribution is 6.04. The normalized spacial score (nSPS) is 10.4. The summed E-state index contributed by atoms with van der Waals surface area (Å²) in [4.78, 5) is 16.8. The van der Waals surface area contributed by atoms with Crippen molar-refractivity contribution < 1.29 is 14.3 Å². The Labute approximate surface area is 178 Å². The molecule has 0 aliphatic rings. The van der Waals surface area contributed by atoms with Crippen LogP contribution in [0.15, 0.2) is 72.9 Å². The smallest absolute Gasteiger partial charge is 0.255 e. The third-order valence-corrected chi connectivity index (χ3v) is 4.65. The van der Waals surface area contributed by atoms with Gasteiger partial charge < -0.3 is 14.8 Å². The molecule has 0 aliphatic heterocycles. The Morgan fingerprint density at radius 2 is 1.70 bits per heavy atom. The van der Waals surface area contributed by atoms with Crippen LogP contribution in [0, 0.1) is 0 Å². The standard InChI is InChI=1S/C25H28N2O3/c1-2-3-4-10-18-29-23-16-9-8-14-21(23)19-30-25-22(15-11-17-26-25)27-24(28)20-12-6-5-7-13-20/h5-9,11-17H,2-4,10,18-19H2,1H3,(H,27,28). The van der Waals surface area contributed by atoms with Crippen LogP contribution in [-0.2, 0) is 6.61 Å². The first-order valence-electron chi connectivity index (χ1n) is 10.4. The van der Waals surface area contributed by atoms with Gasteiger partial charge in [0.2, 0.25) is 5.88 Å². The van der Waals surface area contributed by atoms with E-state index >= 15 is 0 Å². The van der Waals surface area contributed by atoms with Crippen molar-refractivity contribution in [2.24, 2.45) is 0 Å². The Morgan fingerprint density at radius 3 is 2.53 bits per heavy atom. The fourth-order valence-corrected chi connectivity index (χ4v) is 3.01. The van der Waals surface area contributed by atoms with Crippen LogP contribution in [0.1, 0.15) is 48.5 Å². The van der Waals surface area contributed by atoms with E-state index in [4.69, 9.17) is 9.47 Å². The zero-order valence-electron chi connectivity index (χ0n) is 17.3. The van der Waals surface area contributed by atoms with Gasteiger partial charge in [-0.2, -0.15) is 0 Å². The van der Waals surface area contributed by atoms with Gasteiger partial charge in [0.1, 0.15) is 18.0 Å². The molecule has 3 aromatic rings. The molecule has 0 atom stereocenters. The van der Waals surface area contributed by atoms with Gasteiger partial charge in [-0.3, -0.25) is 4.79 Å². The van der Waals surface area contributed by atoms with E-state index in [1.54, 1.807) is 30.5 Å². The molecule has 1 aromatic heterocycles. The van der Waals surface area contributed by atoms with Gasteiger partial charge in [-0.05, 0) is 36.8 Å². The summed E-state index contributed by atoms with van der Waals surface area (Å²) in [7, 11) is 0. The van der Waals surface area contributed by atoms with E-state index in [1.807, 2.05) is 42.5 Å². The average molecular weight is 405 g/mol. The number of nitrogens with zero attached hydrogens (tertiary/aromatic N) is 1. The molecule has 3 rings (SSSR count). The minimum absolute atomic E-state index is 0.204. The van der Waals surface area contributed by atoms with Gasteiger partial charge in [0, 0.05) is 17.3 Å². The lowest BCUT2D eigenvalue weighted by Crippen LogP contribution is -2.13. The monoisotopic (exact) mass is 404 g/mol. The van der Waals surface area contributed by atoms with Gasteiger partial charge in [-0.1, -0.05) is 62.6 Å². The maximum absolute atomic E-state index is 12.5. The second kappa shape index (κ2) is 11.6. The van der Waals surface area contributed by atoms with Crippen LogP contribution < -0.4 is 14.8 Å². The molecule has 0 fully saturated rings. The zero-order chi connectivity index (χ0) is 21.0. The predicted molar refractivity (Wildman–Crippen MR) is 119 cm³/mol. The van der Waals surface area contributed by atoms with Crippen LogP contribution in [0.2, 0.25) is 0 Å². The number of unbranched alkanes of at least 4 members (excludes halogenated alkanes) is 3. The molecule has 1 N–H and O–H groups in total. The number of hydrogen-bond donors (Lipinski definition) is 1. The van der Waals surface area contributed by atoms with E-state index in [1.165, 1.54) is 19.3 Å². The third kappa shape index (κ3) is 6.34. The minimum atomic E-state index is -0.204. The SMILES string of the molecule is CCCCCCOc1ccccc1COc1ncccc1NC(=O)c1ccccc1. The summed E-state index contributed by atoms with van der Waals surface area (Å²) < 4.78 is 11.9. The van der Waals surface area contributed by atoms with Crippen molar-refractivity contribution in [2.45, 2.75) is 39.2 Å². The van der Waals surface area contributed by atoms with Crippen LogP contribution in [0.5, 0.6) is 11.6 Å². The molecule has 0 aliphatic carbocycles. The fourth-order valence-electron chi connectivity index (χ4n) is 3.01. The number of pyridine rings is 1. The number of ether oxygens (including phenoxy) is 2. The molecule has 30 heavy (non-hydrogen) atoms. The number of carbonyl (C=O) groups is 1. The summed E-state index contributed by atoms with van der Waals surface area (Å²) >= 11 is 0. The van der Waals surface area contributed by atoms with Crippen molar-refractivity contribution in [3.8, 4) is 11.6 Å². The van der Waals surface area contributed by atoms with Gasteiger partial charge in [-0.15, -0.1) is 0 Å². The molecule has 0 saturated heterocycles. The average Bonchev–Trinajstić information content (AvgIpc) is 2.79. The van der Waals surface area contributed by atoms with E-state index in [0.717, 1.165) is 17.7 Å². The van der Waals surface area contributed by atoms with Crippen molar-refractivity contribution >= 4 is 11.6 Å². The lowest BCUT2D eigenvalue weighted by molar-refractivity contribution is 0.102. The summed E-state index contributed by atoms with van der Waals surface area (Å²) in [5.41, 5.74) is 2.05. The van der Waals surface area contributed by atoms with Gasteiger partial charge in [0.25, 0.3) is 5.91 Å². The second-order valence-electron chi connectivity index (χ2n) is 6.98. The number of benzene rings is 2. The molecular weight excluding hydrogens is 376 g/mol. The first-order chi connectivity index (χ1) is 14.8. The Bertz CT molecular complexity index is 928. The predicted octanol–water partition coefficient (Wildman–Crippen LogP) is 5.87. The molecule has 5 heteroatoms. The fraction of sp³-hybridized carbons (Fsp3) is 0.280. The zero-order valence-corrected chi connectivity index (χ0v) is 17.3. The number of carbonyl (C=O) groups excluding carboxylic acids is 1. The number of hydrogen-bond acceptors (Lipinski definition) is 4. The van der Waals surface area contributed by atoms with Gasteiger partial charge in [-0.25, -0.2) is 4.98 Å². The number of rotatable bonds is 11. The maximum atomic E-state index is 12.5. The molecule has 1 heterocycles. The molecule has 0 radical (unpaired) electrons. The molecule has 156 valence electrons. The Hall–Kier alpha value is -3.34. The third-order valence-electron chi connectivity index (χ3n) is 4.65. The topological polar surface area (TPSA) is 60.5 Å². The Morgan fingerprint density at radius 1 is 0.900 bits per heavy atom. The van der Waals surface area contributed by atoms with Crippen LogP contribution in [0.4, 0.5) is 5.69 Å². The number of nitrogens with one attached hydrogen (secondary N) is 1. The van der Waals surface area contributed by atoms with Crippen molar-refractivity contribution in [2.75, 3.05) is 11.9 Å². The number of aromatic nitrogens is 1. The molecule has 5 nitrogen and oxygen atoms in total. The van der Waals surface area contributed by atoms with E-state index < -0.39 is 0 Å². The van der Waals surface area contributed by atoms with Crippen molar-refractivity contribution in [1.82, 2.24) is 4.98 Å². The van der Waals surface area contributed by atoms with Crippen LogP contribution in [-0.4, -0.2) is 17.5 Å². The number of amides is 1. The van der Waals surface area contributed by atoms with Gasteiger partial charge in [0.15, 0.2) is 0 Å². The Kier molecular flexibility index (Phi) is 8.27. The summed E-state index contributed by atoms with van der Waals surface area (Å²) in [6, 6.07) is 20.4. The van der Waals surface area contributed by atoms with E-state index in [2.05, 4.69) is 17.2 Å². The summed E-state index contributed by atoms with van der Waals surface area (Å²) in [6.45, 7) is 3.19. The molecule has 0 saturated carbocycles. The Balaban J connectivity index is 1.62. The van der Waals surface area contributed by atoms with E-state index in [9.17, 15) is 4.79 Å². The van der Waals surface area contributed by atoms with Crippen molar-refractivity contribution in [1.29, 1.82) is 0 Å². The van der Waals surface area contributed by atoms with Crippen molar-refractivity contribution in [3.63, 3.8) is 0 Å². The maximum Gasteiger partial charge on any atom is 0.255 e. The lowest BCUT2D eigenvalue weighted by Gasteiger charge is -2.14. The molecule has 1 amide bonds. The van der Waals surface area contributed by atoms with Gasteiger partial charge >= 0.3 is 0 Å². The summed E-state index contributed by atoms with van der Waals surface area (Å²) in [6.07, 6.45) is 6.29. The largest absolute Gasteiger partial charge is 0.493 e. The molecule has 2 aromatic carbocycles. The van der Waals surface area contributed by atoms with Gasteiger partial charge in [0.05, 0.1) is 6.61 Å². The number of para-hydroxylation sites is 1. The van der Waals surface area contributed by atoms with Crippen LogP contribution >= 0.6 is 0 Å². The van der Waals surface area contributed by atoms with Crippen LogP contribution in [0.3, 0.4) is 0 Å². The van der Waals surface area contributed by atoms with Crippen molar-refractivity contribution in [3.05, 3.63) is 84.1 Å². The van der Waals surface area contributed by atoms with E-state index in [-0.39, 0.29) is 5.91 Å².